The molecule has 25 heavy (non-hydrogen) atoms. The van der Waals surface area contributed by atoms with Gasteiger partial charge in [0.2, 0.25) is 6.73 Å². The minimum absolute atomic E-state index is 0.142. The normalized spacial score (nSPS) is 21.4. The summed E-state index contributed by atoms with van der Waals surface area (Å²) in [6.45, 7) is 0.775. The Morgan fingerprint density at radius 3 is 2.92 bits per heavy atom. The number of rotatable bonds is 10. The second kappa shape index (κ2) is 8.88. The summed E-state index contributed by atoms with van der Waals surface area (Å²) < 4.78 is 9.13. The fraction of sp³-hybridized carbons (Fsp3) is 0.733. The molecule has 5 N–H and O–H groups in total. The van der Waals surface area contributed by atoms with Gasteiger partial charge in [0.1, 0.15) is 19.1 Å². The first kappa shape index (κ1) is 19.3. The lowest BCUT2D eigenvalue weighted by atomic mass is 10.1. The van der Waals surface area contributed by atoms with Gasteiger partial charge in [0, 0.05) is 19.4 Å². The van der Waals surface area contributed by atoms with Crippen molar-refractivity contribution in [3.63, 3.8) is 0 Å². The molecule has 3 atom stereocenters. The van der Waals surface area contributed by atoms with Crippen LogP contribution >= 0.6 is 0 Å². The molecule has 0 amide bonds. The summed E-state index contributed by atoms with van der Waals surface area (Å²) in [7, 11) is 1.84. The van der Waals surface area contributed by atoms with E-state index in [2.05, 4.69) is 10.5 Å². The Labute approximate surface area is 145 Å². The maximum absolute atomic E-state index is 10.9. The lowest BCUT2D eigenvalue weighted by Gasteiger charge is -2.06. The van der Waals surface area contributed by atoms with Crippen LogP contribution in [0.15, 0.2) is 6.20 Å². The van der Waals surface area contributed by atoms with Crippen LogP contribution in [0.1, 0.15) is 31.4 Å². The van der Waals surface area contributed by atoms with Gasteiger partial charge in [-0.25, -0.2) is 0 Å². The van der Waals surface area contributed by atoms with Crippen LogP contribution in [-0.2, 0) is 34.5 Å². The molecule has 0 unspecified atom stereocenters. The lowest BCUT2D eigenvalue weighted by Crippen LogP contribution is -2.39. The Morgan fingerprint density at radius 1 is 1.52 bits per heavy atom. The first-order valence-corrected chi connectivity index (χ1v) is 8.35. The van der Waals surface area contributed by atoms with Gasteiger partial charge in [-0.3, -0.25) is 9.59 Å². The highest BCUT2D eigenvalue weighted by molar-refractivity contribution is 5.74. The molecule has 0 aromatic carbocycles. The largest absolute Gasteiger partial charge is 0.480 e. The fourth-order valence-corrected chi connectivity index (χ4v) is 2.79. The van der Waals surface area contributed by atoms with E-state index in [0.29, 0.717) is 19.4 Å². The highest BCUT2D eigenvalue weighted by Crippen LogP contribution is 2.10. The van der Waals surface area contributed by atoms with Gasteiger partial charge < -0.3 is 26.0 Å². The minimum Gasteiger partial charge on any atom is -0.480 e. The maximum atomic E-state index is 10.9. The molecule has 1 fully saturated rings. The van der Waals surface area contributed by atoms with Crippen molar-refractivity contribution in [2.24, 2.45) is 12.8 Å². The smallest absolute Gasteiger partial charge is 0.320 e. The molecule has 10 heteroatoms. The van der Waals surface area contributed by atoms with E-state index in [-0.39, 0.29) is 12.8 Å². The van der Waals surface area contributed by atoms with Gasteiger partial charge >= 0.3 is 11.9 Å². The highest BCUT2D eigenvalue weighted by atomic mass is 16.5. The van der Waals surface area contributed by atoms with Crippen molar-refractivity contribution in [3.05, 3.63) is 11.9 Å². The number of hydrogen-bond acceptors (Lipinski definition) is 6. The number of unbranched alkanes of at least 4 members (excludes halogenated alkanes) is 1. The molecule has 0 saturated carbocycles. The van der Waals surface area contributed by atoms with E-state index in [1.165, 1.54) is 0 Å². The van der Waals surface area contributed by atoms with Crippen LogP contribution in [0.5, 0.6) is 0 Å². The molecule has 2 heterocycles. The van der Waals surface area contributed by atoms with E-state index in [0.717, 1.165) is 25.0 Å². The molecule has 1 aromatic heterocycles. The van der Waals surface area contributed by atoms with Gasteiger partial charge in [0.25, 0.3) is 0 Å². The summed E-state index contributed by atoms with van der Waals surface area (Å²) in [5.74, 6) is -1.83. The van der Waals surface area contributed by atoms with E-state index >= 15 is 0 Å². The molecule has 0 bridgehead atoms. The van der Waals surface area contributed by atoms with Crippen LogP contribution in [0, 0.1) is 0 Å². The predicted molar refractivity (Wildman–Crippen MR) is 85.5 cm³/mol. The van der Waals surface area contributed by atoms with Crippen molar-refractivity contribution in [2.45, 2.75) is 57.0 Å². The van der Waals surface area contributed by atoms with Crippen LogP contribution in [0.25, 0.3) is 0 Å². The standard InChI is InChI=1S/C15H25N5O5/c1-19-10(4-2-3-5-12(16)14(21)22)8-20(18-19)9-25-11-6-13(15(23)24)17-7-11/h8,11-13,17H,2-7,9,16H2,1H3,(H-,21,22,23,24)/p+1/t11-,12+,13+/m1/s1. The van der Waals surface area contributed by atoms with Gasteiger partial charge in [-0.05, 0) is 12.8 Å². The maximum Gasteiger partial charge on any atom is 0.320 e. The van der Waals surface area contributed by atoms with Crippen molar-refractivity contribution >= 4 is 11.9 Å². The molecule has 0 spiro atoms. The summed E-state index contributed by atoms with van der Waals surface area (Å²) >= 11 is 0. The third-order valence-electron chi connectivity index (χ3n) is 4.31. The zero-order valence-electron chi connectivity index (χ0n) is 14.3. The van der Waals surface area contributed by atoms with Crippen molar-refractivity contribution in [1.82, 2.24) is 15.2 Å². The molecule has 1 saturated heterocycles. The number of carboxylic acid groups (broad SMARTS) is 2. The molecule has 0 radical (unpaired) electrons. The van der Waals surface area contributed by atoms with E-state index < -0.39 is 24.0 Å². The van der Waals surface area contributed by atoms with Crippen LogP contribution in [0.2, 0.25) is 0 Å². The average molecular weight is 356 g/mol. The highest BCUT2D eigenvalue weighted by Gasteiger charge is 2.30. The lowest BCUT2D eigenvalue weighted by molar-refractivity contribution is -0.787. The second-order valence-electron chi connectivity index (χ2n) is 6.32. The topological polar surface area (TPSA) is 144 Å². The molecule has 140 valence electrons. The second-order valence-corrected chi connectivity index (χ2v) is 6.32. The number of aliphatic carboxylic acids is 2. The van der Waals surface area contributed by atoms with Crippen LogP contribution < -0.4 is 15.7 Å². The van der Waals surface area contributed by atoms with E-state index in [1.807, 2.05) is 13.2 Å². The zero-order chi connectivity index (χ0) is 18.4. The Bertz CT molecular complexity index is 605. The quantitative estimate of drug-likeness (QED) is 0.297. The Hall–Kier alpha value is -2.04. The van der Waals surface area contributed by atoms with Gasteiger partial charge in [-0.2, -0.15) is 0 Å². The van der Waals surface area contributed by atoms with Crippen molar-refractivity contribution in [1.29, 1.82) is 0 Å². The number of carboxylic acids is 2. The molecule has 1 aliphatic rings. The van der Waals surface area contributed by atoms with Crippen molar-refractivity contribution < 1.29 is 29.2 Å². The van der Waals surface area contributed by atoms with Gasteiger partial charge in [-0.1, -0.05) is 6.42 Å². The van der Waals surface area contributed by atoms with Crippen molar-refractivity contribution in [3.8, 4) is 0 Å². The molecule has 1 aromatic rings. The third kappa shape index (κ3) is 5.76. The van der Waals surface area contributed by atoms with Crippen LogP contribution in [0.4, 0.5) is 0 Å². The molecular formula is C15H26N5O5+. The van der Waals surface area contributed by atoms with Crippen LogP contribution in [-0.4, -0.2) is 56.8 Å². The Morgan fingerprint density at radius 2 is 2.28 bits per heavy atom. The number of nitrogens with two attached hydrogens (primary N) is 1. The predicted octanol–water partition coefficient (Wildman–Crippen LogP) is -1.38. The zero-order valence-corrected chi connectivity index (χ0v) is 14.3. The molecular weight excluding hydrogens is 330 g/mol. The van der Waals surface area contributed by atoms with E-state index in [9.17, 15) is 9.59 Å². The first-order chi connectivity index (χ1) is 11.9. The Kier molecular flexibility index (Phi) is 6.85. The molecule has 1 aliphatic heterocycles. The van der Waals surface area contributed by atoms with Crippen LogP contribution in [0.3, 0.4) is 0 Å². The number of nitrogens with zero attached hydrogens (tertiary/aromatic N) is 3. The third-order valence-corrected chi connectivity index (χ3v) is 4.31. The molecule has 10 nitrogen and oxygen atoms in total. The van der Waals surface area contributed by atoms with Crippen molar-refractivity contribution in [2.75, 3.05) is 6.54 Å². The summed E-state index contributed by atoms with van der Waals surface area (Å²) in [6, 6.07) is -1.36. The number of aryl methyl sites for hydroxylation is 2. The SMILES string of the molecule is Cn1n[n+](CO[C@H]2CN[C@H](C(=O)O)C2)cc1CCCC[C@H](N)C(=O)O. The molecule has 2 rings (SSSR count). The number of carbonyl (C=O) groups is 2. The average Bonchev–Trinajstić information content (AvgIpc) is 3.16. The fourth-order valence-electron chi connectivity index (χ4n) is 2.79. The van der Waals surface area contributed by atoms with Gasteiger partial charge in [0.15, 0.2) is 11.9 Å². The molecule has 0 aliphatic carbocycles. The first-order valence-electron chi connectivity index (χ1n) is 8.35. The summed E-state index contributed by atoms with van der Waals surface area (Å²) in [5, 5.41) is 24.9. The number of aromatic nitrogens is 3. The summed E-state index contributed by atoms with van der Waals surface area (Å²) in [4.78, 5) is 21.6. The van der Waals surface area contributed by atoms with E-state index in [4.69, 9.17) is 20.7 Å². The Balaban J connectivity index is 1.72. The number of nitrogens with one attached hydrogen (secondary N) is 1. The monoisotopic (exact) mass is 356 g/mol. The summed E-state index contributed by atoms with van der Waals surface area (Å²) in [6.07, 6.45) is 4.97. The van der Waals surface area contributed by atoms with Gasteiger partial charge in [-0.15, -0.1) is 9.36 Å². The summed E-state index contributed by atoms with van der Waals surface area (Å²) in [5.41, 5.74) is 6.49. The number of hydrogen-bond donors (Lipinski definition) is 4. The van der Waals surface area contributed by atoms with E-state index in [1.54, 1.807) is 9.36 Å². The number of ether oxygens (including phenoxy) is 1. The minimum atomic E-state index is -0.970. The van der Waals surface area contributed by atoms with Gasteiger partial charge in [0.05, 0.1) is 11.3 Å².